The molecule has 0 radical (unpaired) electrons. The van der Waals surface area contributed by atoms with Gasteiger partial charge in [-0.05, 0) is 18.2 Å². The molecule has 17 heavy (non-hydrogen) atoms. The normalized spacial score (nSPS) is 10.9. The van der Waals surface area contributed by atoms with Crippen molar-refractivity contribution >= 4 is 22.7 Å². The highest BCUT2D eigenvalue weighted by atomic mass is 16.3. The summed E-state index contributed by atoms with van der Waals surface area (Å²) in [5.41, 5.74) is 8.02. The first-order chi connectivity index (χ1) is 8.24. The molecule has 6 heteroatoms. The SMILES string of the molecule is Nc1ccc2nc(N(CCO)CCO)[nH]c2c1. The Hall–Kier alpha value is -1.79. The Morgan fingerprint density at radius 2 is 1.94 bits per heavy atom. The molecule has 0 aliphatic rings. The van der Waals surface area contributed by atoms with E-state index in [2.05, 4.69) is 9.97 Å². The maximum absolute atomic E-state index is 8.96. The number of H-pyrrole nitrogens is 1. The predicted octanol–water partition coefficient (Wildman–Crippen LogP) is -0.0639. The van der Waals surface area contributed by atoms with Crippen LogP contribution in [-0.2, 0) is 0 Å². The van der Waals surface area contributed by atoms with Gasteiger partial charge in [0.2, 0.25) is 5.95 Å². The van der Waals surface area contributed by atoms with Gasteiger partial charge in [0.25, 0.3) is 0 Å². The van der Waals surface area contributed by atoms with E-state index in [1.54, 1.807) is 11.0 Å². The minimum atomic E-state index is 0.0131. The molecule has 0 aliphatic carbocycles. The highest BCUT2D eigenvalue weighted by Gasteiger charge is 2.10. The van der Waals surface area contributed by atoms with Crippen molar-refractivity contribution in [3.63, 3.8) is 0 Å². The molecule has 0 saturated carbocycles. The summed E-state index contributed by atoms with van der Waals surface area (Å²) in [7, 11) is 0. The minimum absolute atomic E-state index is 0.0131. The molecule has 0 bridgehead atoms. The first kappa shape index (κ1) is 11.7. The number of imidazole rings is 1. The standard InChI is InChI=1S/C11H16N4O2/c12-8-1-2-9-10(7-8)14-11(13-9)15(3-5-16)4-6-17/h1-2,7,16-17H,3-6,12H2,(H,13,14). The molecule has 0 spiro atoms. The first-order valence-corrected chi connectivity index (χ1v) is 5.46. The number of hydrogen-bond acceptors (Lipinski definition) is 5. The van der Waals surface area contributed by atoms with Crippen molar-refractivity contribution in [3.8, 4) is 0 Å². The number of nitrogens with zero attached hydrogens (tertiary/aromatic N) is 2. The number of nitrogens with two attached hydrogens (primary N) is 1. The maximum atomic E-state index is 8.96. The van der Waals surface area contributed by atoms with Crippen LogP contribution in [0.25, 0.3) is 11.0 Å². The fourth-order valence-electron chi connectivity index (χ4n) is 1.73. The number of aromatic amines is 1. The second kappa shape index (κ2) is 5.03. The highest BCUT2D eigenvalue weighted by Crippen LogP contribution is 2.19. The number of fused-ring (bicyclic) bond motifs is 1. The molecule has 0 saturated heterocycles. The summed E-state index contributed by atoms with van der Waals surface area (Å²) in [6.07, 6.45) is 0. The summed E-state index contributed by atoms with van der Waals surface area (Å²) in [6.45, 7) is 0.879. The molecule has 0 atom stereocenters. The van der Waals surface area contributed by atoms with Gasteiger partial charge in [0.1, 0.15) is 0 Å². The Labute approximate surface area is 98.7 Å². The van der Waals surface area contributed by atoms with Gasteiger partial charge in [-0.2, -0.15) is 0 Å². The molecule has 0 aliphatic heterocycles. The summed E-state index contributed by atoms with van der Waals surface area (Å²) in [5.74, 6) is 0.633. The zero-order valence-corrected chi connectivity index (χ0v) is 9.43. The van der Waals surface area contributed by atoms with E-state index in [0.29, 0.717) is 24.7 Å². The molecule has 2 rings (SSSR count). The smallest absolute Gasteiger partial charge is 0.203 e. The number of nitrogens with one attached hydrogen (secondary N) is 1. The van der Waals surface area contributed by atoms with E-state index >= 15 is 0 Å². The number of aromatic nitrogens is 2. The number of hydrogen-bond donors (Lipinski definition) is 4. The zero-order valence-electron chi connectivity index (χ0n) is 9.43. The molecule has 0 amide bonds. The lowest BCUT2D eigenvalue weighted by molar-refractivity contribution is 0.280. The van der Waals surface area contributed by atoms with Crippen molar-refractivity contribution in [1.82, 2.24) is 9.97 Å². The largest absolute Gasteiger partial charge is 0.399 e. The van der Waals surface area contributed by atoms with Crippen LogP contribution >= 0.6 is 0 Å². The van der Waals surface area contributed by atoms with E-state index < -0.39 is 0 Å². The summed E-state index contributed by atoms with van der Waals surface area (Å²) < 4.78 is 0. The fourth-order valence-corrected chi connectivity index (χ4v) is 1.73. The number of rotatable bonds is 5. The van der Waals surface area contributed by atoms with Crippen LogP contribution < -0.4 is 10.6 Å². The van der Waals surface area contributed by atoms with E-state index in [1.165, 1.54) is 0 Å². The van der Waals surface area contributed by atoms with Gasteiger partial charge < -0.3 is 25.8 Å². The van der Waals surface area contributed by atoms with Crippen LogP contribution in [0.15, 0.2) is 18.2 Å². The van der Waals surface area contributed by atoms with Crippen LogP contribution in [0.2, 0.25) is 0 Å². The van der Waals surface area contributed by atoms with Crippen molar-refractivity contribution < 1.29 is 10.2 Å². The number of nitrogen functional groups attached to an aromatic ring is 1. The number of aliphatic hydroxyl groups is 2. The Bertz CT molecular complexity index is 491. The number of benzene rings is 1. The van der Waals surface area contributed by atoms with Crippen LogP contribution in [0.3, 0.4) is 0 Å². The molecule has 1 heterocycles. The van der Waals surface area contributed by atoms with Crippen molar-refractivity contribution in [1.29, 1.82) is 0 Å². The summed E-state index contributed by atoms with van der Waals surface area (Å²) >= 11 is 0. The van der Waals surface area contributed by atoms with Gasteiger partial charge in [-0.25, -0.2) is 4.98 Å². The third-order valence-corrected chi connectivity index (χ3v) is 2.53. The predicted molar refractivity (Wildman–Crippen MR) is 66.9 cm³/mol. The fraction of sp³-hybridized carbons (Fsp3) is 0.364. The first-order valence-electron chi connectivity index (χ1n) is 5.46. The summed E-state index contributed by atoms with van der Waals surface area (Å²) in [5, 5.41) is 17.9. The Morgan fingerprint density at radius 3 is 2.59 bits per heavy atom. The van der Waals surface area contributed by atoms with Gasteiger partial charge in [0, 0.05) is 18.8 Å². The second-order valence-electron chi connectivity index (χ2n) is 3.77. The van der Waals surface area contributed by atoms with Gasteiger partial charge >= 0.3 is 0 Å². The van der Waals surface area contributed by atoms with Crippen molar-refractivity contribution in [3.05, 3.63) is 18.2 Å². The van der Waals surface area contributed by atoms with Crippen LogP contribution in [0.5, 0.6) is 0 Å². The van der Waals surface area contributed by atoms with Gasteiger partial charge in [-0.3, -0.25) is 0 Å². The lowest BCUT2D eigenvalue weighted by Crippen LogP contribution is -2.30. The van der Waals surface area contributed by atoms with E-state index in [0.717, 1.165) is 11.0 Å². The van der Waals surface area contributed by atoms with E-state index in [9.17, 15) is 0 Å². The van der Waals surface area contributed by atoms with E-state index in [-0.39, 0.29) is 13.2 Å². The molecular formula is C11H16N4O2. The molecule has 5 N–H and O–H groups in total. The zero-order chi connectivity index (χ0) is 12.3. The summed E-state index contributed by atoms with van der Waals surface area (Å²) in [6, 6.07) is 5.43. The maximum Gasteiger partial charge on any atom is 0.203 e. The molecule has 2 aromatic rings. The van der Waals surface area contributed by atoms with Crippen molar-refractivity contribution in [2.24, 2.45) is 0 Å². The van der Waals surface area contributed by atoms with Crippen molar-refractivity contribution in [2.45, 2.75) is 0 Å². The quantitative estimate of drug-likeness (QED) is 0.545. The van der Waals surface area contributed by atoms with Gasteiger partial charge in [-0.1, -0.05) is 0 Å². The van der Waals surface area contributed by atoms with E-state index in [4.69, 9.17) is 15.9 Å². The third-order valence-electron chi connectivity index (χ3n) is 2.53. The minimum Gasteiger partial charge on any atom is -0.399 e. The molecule has 1 aromatic heterocycles. The number of anilines is 2. The van der Waals surface area contributed by atoms with Crippen LogP contribution in [0, 0.1) is 0 Å². The van der Waals surface area contributed by atoms with E-state index in [1.807, 2.05) is 12.1 Å². The van der Waals surface area contributed by atoms with Gasteiger partial charge in [0.15, 0.2) is 0 Å². The van der Waals surface area contributed by atoms with Crippen molar-refractivity contribution in [2.75, 3.05) is 36.9 Å². The van der Waals surface area contributed by atoms with Gasteiger partial charge in [-0.15, -0.1) is 0 Å². The highest BCUT2D eigenvalue weighted by molar-refractivity contribution is 5.80. The lowest BCUT2D eigenvalue weighted by atomic mass is 10.3. The average Bonchev–Trinajstić information content (AvgIpc) is 2.71. The molecule has 1 aromatic carbocycles. The van der Waals surface area contributed by atoms with Crippen LogP contribution in [-0.4, -0.2) is 46.5 Å². The Kier molecular flexibility index (Phi) is 3.46. The topological polar surface area (TPSA) is 98.4 Å². The van der Waals surface area contributed by atoms with Crippen LogP contribution in [0.4, 0.5) is 11.6 Å². The Balaban J connectivity index is 2.33. The van der Waals surface area contributed by atoms with Crippen LogP contribution in [0.1, 0.15) is 0 Å². The van der Waals surface area contributed by atoms with Gasteiger partial charge in [0.05, 0.1) is 24.2 Å². The summed E-state index contributed by atoms with van der Waals surface area (Å²) in [4.78, 5) is 9.29. The average molecular weight is 236 g/mol. The molecule has 0 unspecified atom stereocenters. The number of aliphatic hydroxyl groups excluding tert-OH is 2. The lowest BCUT2D eigenvalue weighted by Gasteiger charge is -2.19. The molecule has 6 nitrogen and oxygen atoms in total. The molecule has 92 valence electrons. The Morgan fingerprint density at radius 1 is 1.24 bits per heavy atom. The monoisotopic (exact) mass is 236 g/mol. The third kappa shape index (κ3) is 2.48. The second-order valence-corrected chi connectivity index (χ2v) is 3.77. The molecular weight excluding hydrogens is 220 g/mol. The molecule has 0 fully saturated rings.